The number of hydrogen-bond donors (Lipinski definition) is 1. The summed E-state index contributed by atoms with van der Waals surface area (Å²) < 4.78 is 67.5. The van der Waals surface area contributed by atoms with Crippen molar-refractivity contribution in [1.82, 2.24) is 4.98 Å². The van der Waals surface area contributed by atoms with Crippen LogP contribution in [0.25, 0.3) is 0 Å². The predicted octanol–water partition coefficient (Wildman–Crippen LogP) is 2.74. The largest absolute Gasteiger partial charge is 0.481 e. The lowest BCUT2D eigenvalue weighted by Gasteiger charge is -2.16. The van der Waals surface area contributed by atoms with Crippen LogP contribution in [0.4, 0.5) is 22.0 Å². The highest BCUT2D eigenvalue weighted by atomic mass is 19.4. The highest BCUT2D eigenvalue weighted by Crippen LogP contribution is 2.42. The normalized spacial score (nSPS) is 11.7. The molecule has 0 aromatic carbocycles. The molecule has 0 atom stereocenters. The van der Waals surface area contributed by atoms with Crippen molar-refractivity contribution in [3.8, 4) is 5.88 Å². The van der Waals surface area contributed by atoms with Gasteiger partial charge in [-0.1, -0.05) is 0 Å². The number of alkyl halides is 5. The first kappa shape index (κ1) is 14.1. The van der Waals surface area contributed by atoms with Gasteiger partial charge in [0.25, 0.3) is 6.43 Å². The van der Waals surface area contributed by atoms with Crippen molar-refractivity contribution in [3.63, 3.8) is 0 Å². The van der Waals surface area contributed by atoms with Gasteiger partial charge in [0.15, 0.2) is 0 Å². The lowest BCUT2D eigenvalue weighted by atomic mass is 10.0. The first-order chi connectivity index (χ1) is 8.20. The number of carbonyl (C=O) groups is 1. The lowest BCUT2D eigenvalue weighted by Crippen LogP contribution is -2.17. The van der Waals surface area contributed by atoms with Crippen LogP contribution in [-0.4, -0.2) is 23.2 Å². The molecular weight excluding hydrogens is 265 g/mol. The Morgan fingerprint density at radius 3 is 2.33 bits per heavy atom. The fraction of sp³-hybridized carbons (Fsp3) is 0.333. The van der Waals surface area contributed by atoms with E-state index >= 15 is 0 Å². The number of carboxylic acids is 1. The third-order valence-electron chi connectivity index (χ3n) is 2.01. The van der Waals surface area contributed by atoms with Crippen LogP contribution >= 0.6 is 0 Å². The van der Waals surface area contributed by atoms with Crippen LogP contribution in [-0.2, 0) is 6.18 Å². The Kier molecular flexibility index (Phi) is 3.73. The molecule has 0 spiro atoms. The first-order valence-corrected chi connectivity index (χ1v) is 4.35. The number of nitrogens with zero attached hydrogens (tertiary/aromatic N) is 1. The Bertz CT molecular complexity index is 472. The van der Waals surface area contributed by atoms with Crippen LogP contribution in [0, 0.1) is 0 Å². The van der Waals surface area contributed by atoms with E-state index in [1.165, 1.54) is 0 Å². The summed E-state index contributed by atoms with van der Waals surface area (Å²) >= 11 is 0. The summed E-state index contributed by atoms with van der Waals surface area (Å²) in [5, 5.41) is 8.59. The second kappa shape index (κ2) is 4.75. The standard InChI is InChI=1S/C9H6F5NO3/c1-18-7-5(9(12,13)14)4(6(10)11)3(2-15-7)8(16)17/h2,6H,1H3,(H,16,17). The zero-order valence-corrected chi connectivity index (χ0v) is 8.76. The van der Waals surface area contributed by atoms with Gasteiger partial charge in [-0.3, -0.25) is 0 Å². The van der Waals surface area contributed by atoms with Crippen LogP contribution in [0.2, 0.25) is 0 Å². The summed E-state index contributed by atoms with van der Waals surface area (Å²) in [4.78, 5) is 13.7. The molecule has 4 nitrogen and oxygen atoms in total. The van der Waals surface area contributed by atoms with Gasteiger partial charge < -0.3 is 9.84 Å². The van der Waals surface area contributed by atoms with Crippen molar-refractivity contribution in [1.29, 1.82) is 0 Å². The van der Waals surface area contributed by atoms with Crippen molar-refractivity contribution in [2.75, 3.05) is 7.11 Å². The number of rotatable bonds is 3. The number of halogens is 5. The van der Waals surface area contributed by atoms with Crippen LogP contribution in [0.1, 0.15) is 27.9 Å². The summed E-state index contributed by atoms with van der Waals surface area (Å²) in [5.74, 6) is -3.02. The minimum atomic E-state index is -5.20. The third kappa shape index (κ3) is 2.49. The Hall–Kier alpha value is -1.93. The molecule has 1 aromatic heterocycles. The first-order valence-electron chi connectivity index (χ1n) is 4.35. The number of methoxy groups -OCH3 is 1. The Labute approximate surface area is 97.0 Å². The van der Waals surface area contributed by atoms with E-state index in [2.05, 4.69) is 9.72 Å². The number of pyridine rings is 1. The van der Waals surface area contributed by atoms with Crippen LogP contribution in [0.15, 0.2) is 6.20 Å². The monoisotopic (exact) mass is 271 g/mol. The molecular formula is C9H6F5NO3. The second-order valence-corrected chi connectivity index (χ2v) is 3.07. The number of aromatic nitrogens is 1. The van der Waals surface area contributed by atoms with E-state index in [0.29, 0.717) is 6.20 Å². The van der Waals surface area contributed by atoms with Crippen molar-refractivity contribution >= 4 is 5.97 Å². The summed E-state index contributed by atoms with van der Waals surface area (Å²) in [7, 11) is 0.813. The molecule has 1 heterocycles. The molecule has 100 valence electrons. The highest BCUT2D eigenvalue weighted by Gasteiger charge is 2.42. The number of ether oxygens (including phenoxy) is 1. The molecule has 0 aliphatic carbocycles. The number of hydrogen-bond acceptors (Lipinski definition) is 3. The summed E-state index contributed by atoms with van der Waals surface area (Å²) in [5.41, 5.74) is -4.74. The Morgan fingerprint density at radius 2 is 2.00 bits per heavy atom. The maximum Gasteiger partial charge on any atom is 0.422 e. The maximum absolute atomic E-state index is 12.7. The van der Waals surface area contributed by atoms with E-state index in [4.69, 9.17) is 5.11 Å². The minimum absolute atomic E-state index is 0.401. The zero-order valence-electron chi connectivity index (χ0n) is 8.76. The average Bonchev–Trinajstić information content (AvgIpc) is 2.25. The summed E-state index contributed by atoms with van der Waals surface area (Å²) in [6, 6.07) is 0. The fourth-order valence-corrected chi connectivity index (χ4v) is 1.33. The van der Waals surface area contributed by atoms with Gasteiger partial charge in [0.2, 0.25) is 5.88 Å². The van der Waals surface area contributed by atoms with Gasteiger partial charge in [0.05, 0.1) is 18.2 Å². The summed E-state index contributed by atoms with van der Waals surface area (Å²) in [6.07, 6.45) is -8.42. The Morgan fingerprint density at radius 1 is 1.44 bits per heavy atom. The van der Waals surface area contributed by atoms with Gasteiger partial charge in [-0.2, -0.15) is 13.2 Å². The molecule has 1 aromatic rings. The van der Waals surface area contributed by atoms with Gasteiger partial charge in [-0.05, 0) is 0 Å². The fourth-order valence-electron chi connectivity index (χ4n) is 1.33. The van der Waals surface area contributed by atoms with Crippen molar-refractivity contribution in [3.05, 3.63) is 22.9 Å². The quantitative estimate of drug-likeness (QED) is 0.859. The van der Waals surface area contributed by atoms with E-state index in [9.17, 15) is 26.7 Å². The van der Waals surface area contributed by atoms with E-state index < -0.39 is 41.1 Å². The van der Waals surface area contributed by atoms with E-state index in [0.717, 1.165) is 7.11 Å². The van der Waals surface area contributed by atoms with Crippen LogP contribution in [0.5, 0.6) is 5.88 Å². The minimum Gasteiger partial charge on any atom is -0.481 e. The predicted molar refractivity (Wildman–Crippen MR) is 47.7 cm³/mol. The van der Waals surface area contributed by atoms with E-state index in [1.54, 1.807) is 0 Å². The molecule has 0 saturated heterocycles. The lowest BCUT2D eigenvalue weighted by molar-refractivity contribution is -0.141. The van der Waals surface area contributed by atoms with Crippen molar-refractivity contribution in [2.24, 2.45) is 0 Å². The maximum atomic E-state index is 12.7. The molecule has 0 amide bonds. The van der Waals surface area contributed by atoms with Crippen LogP contribution in [0.3, 0.4) is 0 Å². The molecule has 0 saturated carbocycles. The van der Waals surface area contributed by atoms with Crippen molar-refractivity contribution < 1.29 is 36.6 Å². The number of carboxylic acid groups (broad SMARTS) is 1. The van der Waals surface area contributed by atoms with E-state index in [-0.39, 0.29) is 0 Å². The van der Waals surface area contributed by atoms with Gasteiger partial charge in [-0.25, -0.2) is 18.6 Å². The number of aromatic carboxylic acids is 1. The van der Waals surface area contributed by atoms with E-state index in [1.807, 2.05) is 0 Å². The topological polar surface area (TPSA) is 59.4 Å². The SMILES string of the molecule is COc1ncc(C(=O)O)c(C(F)F)c1C(F)(F)F. The van der Waals surface area contributed by atoms with Gasteiger partial charge in [-0.15, -0.1) is 0 Å². The molecule has 0 bridgehead atoms. The second-order valence-electron chi connectivity index (χ2n) is 3.07. The molecule has 0 unspecified atom stereocenters. The van der Waals surface area contributed by atoms with Gasteiger partial charge >= 0.3 is 12.1 Å². The van der Waals surface area contributed by atoms with Gasteiger partial charge in [0.1, 0.15) is 5.56 Å². The molecule has 9 heteroatoms. The molecule has 0 radical (unpaired) electrons. The zero-order chi connectivity index (χ0) is 14.1. The smallest absolute Gasteiger partial charge is 0.422 e. The van der Waals surface area contributed by atoms with Gasteiger partial charge in [0, 0.05) is 6.20 Å². The Balaban J connectivity index is 3.71. The summed E-state index contributed by atoms with van der Waals surface area (Å²) in [6.45, 7) is 0. The molecule has 1 rings (SSSR count). The van der Waals surface area contributed by atoms with Crippen LogP contribution < -0.4 is 4.74 Å². The molecule has 0 aliphatic rings. The molecule has 0 aliphatic heterocycles. The van der Waals surface area contributed by atoms with Crippen molar-refractivity contribution in [2.45, 2.75) is 12.6 Å². The molecule has 0 fully saturated rings. The average molecular weight is 271 g/mol. The molecule has 18 heavy (non-hydrogen) atoms. The third-order valence-corrected chi connectivity index (χ3v) is 2.01. The highest BCUT2D eigenvalue weighted by molar-refractivity contribution is 5.89. The molecule has 1 N–H and O–H groups in total.